The van der Waals surface area contributed by atoms with Crippen LogP contribution in [0.25, 0.3) is 6.08 Å². The van der Waals surface area contributed by atoms with Gasteiger partial charge in [-0.3, -0.25) is 4.79 Å². The molecular formula is C14H13N5OS. The molecule has 0 unspecified atom stereocenters. The molecule has 0 atom stereocenters. The van der Waals surface area contributed by atoms with Crippen LogP contribution < -0.4 is 5.43 Å². The van der Waals surface area contributed by atoms with Gasteiger partial charge in [0.1, 0.15) is 5.71 Å². The molecule has 0 spiro atoms. The molecule has 0 aromatic carbocycles. The Morgan fingerprint density at radius 3 is 3.00 bits per heavy atom. The first-order valence-corrected chi connectivity index (χ1v) is 7.67. The predicted octanol–water partition coefficient (Wildman–Crippen LogP) is 1.66. The fraction of sp³-hybridized carbons (Fsp3) is 0.286. The second kappa shape index (κ2) is 4.92. The topological polar surface area (TPSA) is 83.0 Å². The zero-order valence-corrected chi connectivity index (χ0v) is 12.0. The summed E-state index contributed by atoms with van der Waals surface area (Å²) in [5.74, 6) is -0.189. The van der Waals surface area contributed by atoms with Crippen LogP contribution in [0.3, 0.4) is 0 Å². The number of hydrogen-bond acceptors (Lipinski definition) is 5. The maximum absolute atomic E-state index is 12.0. The number of hydrogen-bond donors (Lipinski definition) is 2. The molecule has 0 saturated carbocycles. The van der Waals surface area contributed by atoms with Crippen LogP contribution in [0, 0.1) is 0 Å². The molecule has 21 heavy (non-hydrogen) atoms. The van der Waals surface area contributed by atoms with Gasteiger partial charge in [-0.25, -0.2) is 5.43 Å². The van der Waals surface area contributed by atoms with Gasteiger partial charge in [0, 0.05) is 11.4 Å². The van der Waals surface area contributed by atoms with Crippen LogP contribution in [-0.4, -0.2) is 26.2 Å². The minimum Gasteiger partial charge on any atom is -0.359 e. The summed E-state index contributed by atoms with van der Waals surface area (Å²) in [5, 5.41) is 7.88. The van der Waals surface area contributed by atoms with Crippen LogP contribution in [0.5, 0.6) is 0 Å². The van der Waals surface area contributed by atoms with E-state index in [0.717, 1.165) is 23.4 Å². The summed E-state index contributed by atoms with van der Waals surface area (Å²) in [7, 11) is 0. The summed E-state index contributed by atoms with van der Waals surface area (Å²) in [4.78, 5) is 16.2. The van der Waals surface area contributed by atoms with Gasteiger partial charge in [-0.1, -0.05) is 4.49 Å². The molecule has 1 aliphatic heterocycles. The molecular weight excluding hydrogens is 286 g/mol. The van der Waals surface area contributed by atoms with E-state index in [1.165, 1.54) is 35.6 Å². The van der Waals surface area contributed by atoms with Crippen molar-refractivity contribution in [3.63, 3.8) is 0 Å². The van der Waals surface area contributed by atoms with Crippen LogP contribution in [0.1, 0.15) is 34.7 Å². The van der Waals surface area contributed by atoms with Crippen molar-refractivity contribution >= 4 is 29.2 Å². The molecule has 2 aromatic rings. The Hall–Kier alpha value is -2.28. The molecule has 0 radical (unpaired) electrons. The van der Waals surface area contributed by atoms with E-state index in [1.807, 2.05) is 6.08 Å². The van der Waals surface area contributed by atoms with Crippen LogP contribution in [0.15, 0.2) is 22.9 Å². The number of amides is 1. The first-order valence-electron chi connectivity index (χ1n) is 6.90. The van der Waals surface area contributed by atoms with Gasteiger partial charge in [-0.05, 0) is 54.9 Å². The Morgan fingerprint density at radius 2 is 2.19 bits per heavy atom. The number of aryl methyl sites for hydroxylation is 2. The first kappa shape index (κ1) is 12.5. The summed E-state index contributed by atoms with van der Waals surface area (Å²) in [6.45, 7) is 0. The Balaban J connectivity index is 1.72. The van der Waals surface area contributed by atoms with Gasteiger partial charge in [-0.15, -0.1) is 5.10 Å². The lowest BCUT2D eigenvalue weighted by atomic mass is 9.98. The Bertz CT molecular complexity index is 733. The number of H-pyrrole nitrogens is 1. The molecule has 6 nitrogen and oxygen atoms in total. The SMILES string of the molecule is O=C1NN=C(c2cnns2)/C1=C/c1cc2c([nH]1)CCCC2. The second-order valence-corrected chi connectivity index (χ2v) is 5.96. The minimum absolute atomic E-state index is 0.189. The largest absolute Gasteiger partial charge is 0.359 e. The van der Waals surface area contributed by atoms with Crippen molar-refractivity contribution in [1.82, 2.24) is 20.0 Å². The monoisotopic (exact) mass is 299 g/mol. The highest BCUT2D eigenvalue weighted by atomic mass is 32.1. The maximum Gasteiger partial charge on any atom is 0.273 e. The van der Waals surface area contributed by atoms with Crippen molar-refractivity contribution in [2.75, 3.05) is 0 Å². The van der Waals surface area contributed by atoms with E-state index in [-0.39, 0.29) is 5.91 Å². The Morgan fingerprint density at radius 1 is 1.29 bits per heavy atom. The van der Waals surface area contributed by atoms with Gasteiger partial charge < -0.3 is 4.98 Å². The normalized spacial score (nSPS) is 19.5. The molecule has 0 fully saturated rings. The molecule has 3 heterocycles. The molecule has 2 aromatic heterocycles. The summed E-state index contributed by atoms with van der Waals surface area (Å²) in [6.07, 6.45) is 8.14. The summed E-state index contributed by atoms with van der Waals surface area (Å²) in [6, 6.07) is 2.13. The van der Waals surface area contributed by atoms with Gasteiger partial charge in [0.05, 0.1) is 16.6 Å². The van der Waals surface area contributed by atoms with E-state index in [9.17, 15) is 4.79 Å². The van der Waals surface area contributed by atoms with E-state index in [0.29, 0.717) is 11.3 Å². The lowest BCUT2D eigenvalue weighted by Crippen LogP contribution is -2.13. The average molecular weight is 299 g/mol. The molecule has 1 amide bonds. The third kappa shape index (κ3) is 2.19. The summed E-state index contributed by atoms with van der Waals surface area (Å²) in [5.41, 5.74) is 7.30. The molecule has 0 bridgehead atoms. The first-order chi connectivity index (χ1) is 10.3. The van der Waals surface area contributed by atoms with E-state index >= 15 is 0 Å². The van der Waals surface area contributed by atoms with Crippen LogP contribution in [-0.2, 0) is 17.6 Å². The second-order valence-electron chi connectivity index (χ2n) is 5.18. The fourth-order valence-electron chi connectivity index (χ4n) is 2.79. The summed E-state index contributed by atoms with van der Waals surface area (Å²) >= 11 is 1.23. The number of rotatable bonds is 2. The zero-order chi connectivity index (χ0) is 14.2. The third-order valence-electron chi connectivity index (χ3n) is 3.80. The van der Waals surface area contributed by atoms with Crippen LogP contribution >= 0.6 is 11.5 Å². The molecule has 0 saturated heterocycles. The van der Waals surface area contributed by atoms with Crippen LogP contribution in [0.4, 0.5) is 0 Å². The van der Waals surface area contributed by atoms with Crippen molar-refractivity contribution in [2.45, 2.75) is 25.7 Å². The number of nitrogens with zero attached hydrogens (tertiary/aromatic N) is 3. The standard InChI is InChI=1S/C14H13N5OS/c20-14-10(13(17-18-14)12-7-15-19-21-12)6-9-5-8-3-1-2-4-11(8)16-9/h5-7,16H,1-4H2,(H,18,20)/b10-6-. The quantitative estimate of drug-likeness (QED) is 0.827. The van der Waals surface area contributed by atoms with Crippen molar-refractivity contribution < 1.29 is 4.79 Å². The number of aromatic nitrogens is 3. The zero-order valence-electron chi connectivity index (χ0n) is 11.2. The number of carbonyl (C=O) groups is 1. The molecule has 2 aliphatic rings. The fourth-order valence-corrected chi connectivity index (χ4v) is 3.31. The van der Waals surface area contributed by atoms with Crippen LogP contribution in [0.2, 0.25) is 0 Å². The van der Waals surface area contributed by atoms with Gasteiger partial charge in [0.15, 0.2) is 0 Å². The number of nitrogens with one attached hydrogen (secondary N) is 2. The summed E-state index contributed by atoms with van der Waals surface area (Å²) < 4.78 is 3.82. The highest BCUT2D eigenvalue weighted by molar-refractivity contribution is 7.08. The Kier molecular flexibility index (Phi) is 2.92. The van der Waals surface area contributed by atoms with Crippen molar-refractivity contribution in [3.8, 4) is 0 Å². The van der Waals surface area contributed by atoms with E-state index in [4.69, 9.17) is 0 Å². The number of aromatic amines is 1. The molecule has 7 heteroatoms. The lowest BCUT2D eigenvalue weighted by molar-refractivity contribution is -0.116. The van der Waals surface area contributed by atoms with E-state index < -0.39 is 0 Å². The van der Waals surface area contributed by atoms with Gasteiger partial charge in [-0.2, -0.15) is 5.10 Å². The molecule has 2 N–H and O–H groups in total. The predicted molar refractivity (Wildman–Crippen MR) is 80.0 cm³/mol. The highest BCUT2D eigenvalue weighted by Crippen LogP contribution is 2.24. The van der Waals surface area contributed by atoms with Crippen molar-refractivity contribution in [2.24, 2.45) is 5.10 Å². The molecule has 1 aliphatic carbocycles. The number of hydrazone groups is 1. The van der Waals surface area contributed by atoms with E-state index in [1.54, 1.807) is 6.20 Å². The van der Waals surface area contributed by atoms with Gasteiger partial charge >= 0.3 is 0 Å². The average Bonchev–Trinajstić information content (AvgIpc) is 3.19. The van der Waals surface area contributed by atoms with Crippen molar-refractivity contribution in [1.29, 1.82) is 0 Å². The number of fused-ring (bicyclic) bond motifs is 1. The molecule has 4 rings (SSSR count). The van der Waals surface area contributed by atoms with E-state index in [2.05, 4.69) is 31.2 Å². The minimum atomic E-state index is -0.189. The third-order valence-corrected chi connectivity index (χ3v) is 4.47. The maximum atomic E-state index is 12.0. The highest BCUT2D eigenvalue weighted by Gasteiger charge is 2.26. The van der Waals surface area contributed by atoms with Gasteiger partial charge in [0.25, 0.3) is 5.91 Å². The lowest BCUT2D eigenvalue weighted by Gasteiger charge is -2.08. The Labute approximate surface area is 125 Å². The molecule has 106 valence electrons. The van der Waals surface area contributed by atoms with Crippen molar-refractivity contribution in [3.05, 3.63) is 39.7 Å². The smallest absolute Gasteiger partial charge is 0.273 e. The van der Waals surface area contributed by atoms with Gasteiger partial charge in [0.2, 0.25) is 0 Å². The number of carbonyl (C=O) groups excluding carboxylic acids is 1.